The van der Waals surface area contributed by atoms with E-state index in [4.69, 9.17) is 11.6 Å². The zero-order chi connectivity index (χ0) is 13.3. The van der Waals surface area contributed by atoms with Gasteiger partial charge in [-0.25, -0.2) is 4.98 Å². The van der Waals surface area contributed by atoms with Gasteiger partial charge in [0.1, 0.15) is 11.6 Å². The molecule has 0 amide bonds. The van der Waals surface area contributed by atoms with Crippen LogP contribution in [0.2, 0.25) is 5.02 Å². The van der Waals surface area contributed by atoms with Crippen LogP contribution in [0.1, 0.15) is 18.2 Å². The molecule has 0 saturated carbocycles. The lowest BCUT2D eigenvalue weighted by Crippen LogP contribution is -2.16. The van der Waals surface area contributed by atoms with E-state index < -0.39 is 0 Å². The summed E-state index contributed by atoms with van der Waals surface area (Å²) in [5, 5.41) is 9.59. The second kappa shape index (κ2) is 4.82. The van der Waals surface area contributed by atoms with Gasteiger partial charge in [-0.05, 0) is 31.5 Å². The van der Waals surface area contributed by atoms with Crippen LogP contribution in [0.5, 0.6) is 5.75 Å². The van der Waals surface area contributed by atoms with Crippen LogP contribution in [-0.2, 0) is 6.42 Å². The van der Waals surface area contributed by atoms with Crippen LogP contribution in [0, 0.1) is 6.92 Å². The van der Waals surface area contributed by atoms with Crippen LogP contribution >= 0.6 is 11.6 Å². The molecule has 18 heavy (non-hydrogen) atoms. The Bertz CT molecular complexity index is 650. The van der Waals surface area contributed by atoms with Crippen molar-refractivity contribution in [1.29, 1.82) is 0 Å². The smallest absolute Gasteiger partial charge is 0.254 e. The Morgan fingerprint density at radius 2 is 2.17 bits per heavy atom. The Morgan fingerprint density at radius 3 is 2.72 bits per heavy atom. The number of hydrogen-bond acceptors (Lipinski definition) is 3. The van der Waals surface area contributed by atoms with Crippen molar-refractivity contribution in [2.75, 3.05) is 0 Å². The molecule has 2 N–H and O–H groups in total. The predicted molar refractivity (Wildman–Crippen MR) is 71.1 cm³/mol. The van der Waals surface area contributed by atoms with Crippen molar-refractivity contribution in [3.05, 3.63) is 44.8 Å². The maximum absolute atomic E-state index is 11.8. The molecule has 0 spiro atoms. The van der Waals surface area contributed by atoms with Crippen molar-refractivity contribution in [1.82, 2.24) is 9.97 Å². The van der Waals surface area contributed by atoms with Crippen molar-refractivity contribution < 1.29 is 5.11 Å². The quantitative estimate of drug-likeness (QED) is 0.876. The number of halogens is 1. The fraction of sp³-hybridized carbons (Fsp3) is 0.231. The first-order valence-electron chi connectivity index (χ1n) is 5.61. The van der Waals surface area contributed by atoms with Gasteiger partial charge in [-0.1, -0.05) is 18.5 Å². The summed E-state index contributed by atoms with van der Waals surface area (Å²) in [6, 6.07) is 4.70. The topological polar surface area (TPSA) is 66.0 Å². The van der Waals surface area contributed by atoms with Crippen molar-refractivity contribution in [3.63, 3.8) is 0 Å². The second-order valence-corrected chi connectivity index (χ2v) is 4.41. The molecule has 0 unspecified atom stereocenters. The minimum atomic E-state index is -0.135. The standard InChI is InChI=1S/C13H13ClN2O2/c1-3-9-7(2)15-12(16-13(9)18)8-4-5-11(17)10(14)6-8/h4-6,17H,3H2,1-2H3,(H,15,16,18). The zero-order valence-electron chi connectivity index (χ0n) is 10.1. The van der Waals surface area contributed by atoms with Gasteiger partial charge in [-0.2, -0.15) is 0 Å². The molecule has 1 heterocycles. The fourth-order valence-corrected chi connectivity index (χ4v) is 2.00. The van der Waals surface area contributed by atoms with E-state index >= 15 is 0 Å². The Balaban J connectivity index is 2.58. The number of aromatic nitrogens is 2. The molecule has 2 aromatic rings. The number of nitrogens with zero attached hydrogens (tertiary/aromatic N) is 1. The summed E-state index contributed by atoms with van der Waals surface area (Å²) < 4.78 is 0. The van der Waals surface area contributed by atoms with Crippen LogP contribution in [-0.4, -0.2) is 15.1 Å². The van der Waals surface area contributed by atoms with E-state index in [2.05, 4.69) is 9.97 Å². The predicted octanol–water partition coefficient (Wildman–Crippen LogP) is 2.67. The average molecular weight is 265 g/mol. The van der Waals surface area contributed by atoms with Crippen molar-refractivity contribution in [2.24, 2.45) is 0 Å². The normalized spacial score (nSPS) is 10.6. The molecule has 1 aromatic carbocycles. The summed E-state index contributed by atoms with van der Waals surface area (Å²) in [4.78, 5) is 18.9. The SMILES string of the molecule is CCc1c(C)nc(-c2ccc(O)c(Cl)c2)[nH]c1=O. The summed E-state index contributed by atoms with van der Waals surface area (Å²) in [6.45, 7) is 3.72. The monoisotopic (exact) mass is 264 g/mol. The molecule has 1 aromatic heterocycles. The van der Waals surface area contributed by atoms with Gasteiger partial charge in [0.2, 0.25) is 0 Å². The van der Waals surface area contributed by atoms with E-state index in [1.54, 1.807) is 19.1 Å². The van der Waals surface area contributed by atoms with Gasteiger partial charge in [0.25, 0.3) is 5.56 Å². The van der Waals surface area contributed by atoms with E-state index in [9.17, 15) is 9.90 Å². The molecule has 5 heteroatoms. The van der Waals surface area contributed by atoms with Crippen molar-refractivity contribution in [3.8, 4) is 17.1 Å². The second-order valence-electron chi connectivity index (χ2n) is 4.00. The van der Waals surface area contributed by atoms with Gasteiger partial charge in [-0.15, -0.1) is 0 Å². The molecule has 0 fully saturated rings. The van der Waals surface area contributed by atoms with Crippen molar-refractivity contribution in [2.45, 2.75) is 20.3 Å². The molecule has 94 valence electrons. The Kier molecular flexibility index (Phi) is 3.39. The van der Waals surface area contributed by atoms with Gasteiger partial charge < -0.3 is 10.1 Å². The fourth-order valence-electron chi connectivity index (χ4n) is 1.82. The Labute approximate surface area is 109 Å². The third kappa shape index (κ3) is 2.24. The molecule has 0 radical (unpaired) electrons. The summed E-state index contributed by atoms with van der Waals surface area (Å²) >= 11 is 5.83. The highest BCUT2D eigenvalue weighted by atomic mass is 35.5. The minimum Gasteiger partial charge on any atom is -0.506 e. The van der Waals surface area contributed by atoms with Crippen LogP contribution in [0.3, 0.4) is 0 Å². The number of aryl methyl sites for hydroxylation is 1. The number of aromatic hydroxyl groups is 1. The van der Waals surface area contributed by atoms with Crippen LogP contribution in [0.15, 0.2) is 23.0 Å². The van der Waals surface area contributed by atoms with Crippen molar-refractivity contribution >= 4 is 11.6 Å². The number of phenolic OH excluding ortho intramolecular Hbond substituents is 1. The molecule has 0 saturated heterocycles. The van der Waals surface area contributed by atoms with Gasteiger partial charge >= 0.3 is 0 Å². The molecule has 0 aliphatic heterocycles. The van der Waals surface area contributed by atoms with E-state index in [1.165, 1.54) is 6.07 Å². The maximum Gasteiger partial charge on any atom is 0.254 e. The molecule has 0 aliphatic rings. The number of hydrogen-bond donors (Lipinski definition) is 2. The molecule has 2 rings (SSSR count). The molecule has 0 bridgehead atoms. The van der Waals surface area contributed by atoms with Gasteiger partial charge in [-0.3, -0.25) is 4.79 Å². The summed E-state index contributed by atoms with van der Waals surface area (Å²) in [7, 11) is 0. The van der Waals surface area contributed by atoms with E-state index in [0.717, 1.165) is 0 Å². The highest BCUT2D eigenvalue weighted by Gasteiger charge is 2.09. The molecular weight excluding hydrogens is 252 g/mol. The first-order chi connectivity index (χ1) is 8.52. The lowest BCUT2D eigenvalue weighted by atomic mass is 10.1. The summed E-state index contributed by atoms with van der Waals surface area (Å²) in [6.07, 6.45) is 0.644. The highest BCUT2D eigenvalue weighted by Crippen LogP contribution is 2.27. The number of phenols is 1. The van der Waals surface area contributed by atoms with E-state index in [0.29, 0.717) is 29.1 Å². The van der Waals surface area contributed by atoms with E-state index in [-0.39, 0.29) is 16.3 Å². The minimum absolute atomic E-state index is 0.00432. The molecule has 0 aliphatic carbocycles. The van der Waals surface area contributed by atoms with Crippen LogP contribution in [0.25, 0.3) is 11.4 Å². The number of nitrogens with one attached hydrogen (secondary N) is 1. The third-order valence-electron chi connectivity index (χ3n) is 2.80. The molecule has 0 atom stereocenters. The maximum atomic E-state index is 11.8. The van der Waals surface area contributed by atoms with Gasteiger partial charge in [0.15, 0.2) is 0 Å². The Hall–Kier alpha value is -1.81. The number of H-pyrrole nitrogens is 1. The first-order valence-corrected chi connectivity index (χ1v) is 5.99. The van der Waals surface area contributed by atoms with Gasteiger partial charge in [0.05, 0.1) is 5.02 Å². The molecule has 4 nitrogen and oxygen atoms in total. The highest BCUT2D eigenvalue weighted by molar-refractivity contribution is 6.32. The summed E-state index contributed by atoms with van der Waals surface area (Å²) in [5.74, 6) is 0.460. The molecular formula is C13H13ClN2O2. The largest absolute Gasteiger partial charge is 0.506 e. The third-order valence-corrected chi connectivity index (χ3v) is 3.10. The van der Waals surface area contributed by atoms with Crippen LogP contribution < -0.4 is 5.56 Å². The van der Waals surface area contributed by atoms with Crippen LogP contribution in [0.4, 0.5) is 0 Å². The average Bonchev–Trinajstić information content (AvgIpc) is 2.32. The van der Waals surface area contributed by atoms with E-state index in [1.807, 2.05) is 6.92 Å². The lowest BCUT2D eigenvalue weighted by Gasteiger charge is -2.06. The lowest BCUT2D eigenvalue weighted by molar-refractivity contribution is 0.475. The number of rotatable bonds is 2. The summed E-state index contributed by atoms with van der Waals surface area (Å²) in [5.41, 5.74) is 1.92. The van der Waals surface area contributed by atoms with Gasteiger partial charge in [0, 0.05) is 16.8 Å². The number of benzene rings is 1. The first kappa shape index (κ1) is 12.6. The zero-order valence-corrected chi connectivity index (χ0v) is 10.9. The Morgan fingerprint density at radius 1 is 1.44 bits per heavy atom. The number of aromatic amines is 1.